The molecule has 0 aliphatic carbocycles. The van der Waals surface area contributed by atoms with E-state index in [0.29, 0.717) is 26.2 Å². The Morgan fingerprint density at radius 2 is 1.94 bits per heavy atom. The van der Waals surface area contributed by atoms with Crippen LogP contribution in [0.3, 0.4) is 0 Å². The van der Waals surface area contributed by atoms with E-state index in [1.165, 1.54) is 5.56 Å². The van der Waals surface area contributed by atoms with Crippen molar-refractivity contribution in [2.24, 2.45) is 0 Å². The van der Waals surface area contributed by atoms with Crippen LogP contribution in [0.5, 0.6) is 0 Å². The third-order valence-corrected chi connectivity index (χ3v) is 2.26. The highest BCUT2D eigenvalue weighted by atomic mass is 16.6. The zero-order valence-electron chi connectivity index (χ0n) is 10.4. The minimum absolute atomic E-state index is 0.207. The molecule has 0 heterocycles. The number of rotatable bonds is 7. The number of aryl methyl sites for hydroxylation is 1. The molecule has 1 rings (SSSR count). The third kappa shape index (κ3) is 5.92. The smallest absolute Gasteiger partial charge is 0.307 e. The summed E-state index contributed by atoms with van der Waals surface area (Å²) in [6, 6.07) is 8.04. The summed E-state index contributed by atoms with van der Waals surface area (Å²) in [5.74, 6) is -0.207. The van der Waals surface area contributed by atoms with Gasteiger partial charge in [-0.2, -0.15) is 0 Å². The average molecular weight is 237 g/mol. The van der Waals surface area contributed by atoms with Crippen LogP contribution in [0.2, 0.25) is 0 Å². The number of carbonyl (C=O) groups is 1. The minimum Gasteiger partial charge on any atom is -0.463 e. The van der Waals surface area contributed by atoms with E-state index in [9.17, 15) is 4.79 Å². The first-order chi connectivity index (χ1) is 8.22. The molecule has 0 atom stereocenters. The Balaban J connectivity index is 2.14. The predicted octanol–water partition coefficient (Wildman–Crippen LogP) is 1.99. The summed E-state index contributed by atoms with van der Waals surface area (Å²) in [5, 5.41) is 3.16. The standard InChI is InChI=1S/C13H19NO3/c1-11-3-5-12(6-4-11)14-8-7-13(15)17-10-9-16-2/h3-6,14H,7-10H2,1-2H3. The fourth-order valence-corrected chi connectivity index (χ4v) is 1.29. The topological polar surface area (TPSA) is 47.6 Å². The van der Waals surface area contributed by atoms with Crippen molar-refractivity contribution in [2.45, 2.75) is 13.3 Å². The van der Waals surface area contributed by atoms with Crippen LogP contribution in [0.4, 0.5) is 5.69 Å². The Kier molecular flexibility index (Phi) is 6.10. The van der Waals surface area contributed by atoms with Crippen molar-refractivity contribution < 1.29 is 14.3 Å². The number of ether oxygens (including phenoxy) is 2. The van der Waals surface area contributed by atoms with Crippen LogP contribution < -0.4 is 5.32 Å². The molecule has 0 bridgehead atoms. The zero-order valence-corrected chi connectivity index (χ0v) is 10.4. The molecule has 17 heavy (non-hydrogen) atoms. The molecule has 0 unspecified atom stereocenters. The van der Waals surface area contributed by atoms with Crippen LogP contribution in [-0.2, 0) is 14.3 Å². The second-order valence-electron chi connectivity index (χ2n) is 3.76. The van der Waals surface area contributed by atoms with Crippen LogP contribution in [0.1, 0.15) is 12.0 Å². The van der Waals surface area contributed by atoms with Gasteiger partial charge in [-0.25, -0.2) is 0 Å². The first-order valence-electron chi connectivity index (χ1n) is 5.67. The number of benzene rings is 1. The van der Waals surface area contributed by atoms with Gasteiger partial charge in [0.25, 0.3) is 0 Å². The van der Waals surface area contributed by atoms with E-state index in [1.54, 1.807) is 7.11 Å². The molecular weight excluding hydrogens is 218 g/mol. The molecule has 1 aromatic rings. The van der Waals surface area contributed by atoms with Gasteiger partial charge in [0.05, 0.1) is 13.0 Å². The second kappa shape index (κ2) is 7.68. The molecule has 1 aromatic carbocycles. The molecule has 0 spiro atoms. The fraction of sp³-hybridized carbons (Fsp3) is 0.462. The predicted molar refractivity (Wildman–Crippen MR) is 67.1 cm³/mol. The SMILES string of the molecule is COCCOC(=O)CCNc1ccc(C)cc1. The summed E-state index contributed by atoms with van der Waals surface area (Å²) < 4.78 is 9.72. The van der Waals surface area contributed by atoms with Crippen molar-refractivity contribution in [3.63, 3.8) is 0 Å². The largest absolute Gasteiger partial charge is 0.463 e. The van der Waals surface area contributed by atoms with Crippen LogP contribution in [-0.4, -0.2) is 32.8 Å². The van der Waals surface area contributed by atoms with Gasteiger partial charge in [0.1, 0.15) is 6.61 Å². The highest BCUT2D eigenvalue weighted by Crippen LogP contribution is 2.08. The quantitative estimate of drug-likeness (QED) is 0.582. The highest BCUT2D eigenvalue weighted by molar-refractivity contribution is 5.70. The summed E-state index contributed by atoms with van der Waals surface area (Å²) in [7, 11) is 1.58. The van der Waals surface area contributed by atoms with Crippen molar-refractivity contribution >= 4 is 11.7 Å². The molecular formula is C13H19NO3. The number of nitrogens with one attached hydrogen (secondary N) is 1. The van der Waals surface area contributed by atoms with Crippen molar-refractivity contribution in [2.75, 3.05) is 32.2 Å². The van der Waals surface area contributed by atoms with Crippen LogP contribution in [0, 0.1) is 6.92 Å². The van der Waals surface area contributed by atoms with Crippen molar-refractivity contribution in [3.05, 3.63) is 29.8 Å². The summed E-state index contributed by atoms with van der Waals surface area (Å²) >= 11 is 0. The van der Waals surface area contributed by atoms with Crippen molar-refractivity contribution in [1.82, 2.24) is 0 Å². The van der Waals surface area contributed by atoms with Crippen LogP contribution in [0.25, 0.3) is 0 Å². The number of hydrogen-bond acceptors (Lipinski definition) is 4. The fourth-order valence-electron chi connectivity index (χ4n) is 1.29. The van der Waals surface area contributed by atoms with Crippen molar-refractivity contribution in [1.29, 1.82) is 0 Å². The maximum atomic E-state index is 11.2. The maximum absolute atomic E-state index is 11.2. The van der Waals surface area contributed by atoms with E-state index in [-0.39, 0.29) is 5.97 Å². The molecule has 94 valence electrons. The molecule has 4 heteroatoms. The summed E-state index contributed by atoms with van der Waals surface area (Å²) in [6.07, 6.45) is 0.359. The van der Waals surface area contributed by atoms with Gasteiger partial charge in [0, 0.05) is 19.3 Å². The second-order valence-corrected chi connectivity index (χ2v) is 3.76. The molecule has 0 aromatic heterocycles. The van der Waals surface area contributed by atoms with Gasteiger partial charge in [-0.1, -0.05) is 17.7 Å². The lowest BCUT2D eigenvalue weighted by atomic mass is 10.2. The van der Waals surface area contributed by atoms with Gasteiger partial charge in [-0.05, 0) is 19.1 Å². The molecule has 0 aliphatic heterocycles. The molecule has 1 N–H and O–H groups in total. The normalized spacial score (nSPS) is 10.0. The Morgan fingerprint density at radius 1 is 1.24 bits per heavy atom. The summed E-state index contributed by atoms with van der Waals surface area (Å²) in [6.45, 7) is 3.38. The number of hydrogen-bond donors (Lipinski definition) is 1. The Bertz CT molecular complexity index is 335. The van der Waals surface area contributed by atoms with E-state index in [0.717, 1.165) is 5.69 Å². The van der Waals surface area contributed by atoms with Gasteiger partial charge >= 0.3 is 5.97 Å². The Hall–Kier alpha value is -1.55. The number of methoxy groups -OCH3 is 1. The Morgan fingerprint density at radius 3 is 2.59 bits per heavy atom. The van der Waals surface area contributed by atoms with E-state index >= 15 is 0 Å². The van der Waals surface area contributed by atoms with Gasteiger partial charge in [0.2, 0.25) is 0 Å². The molecule has 0 fully saturated rings. The summed E-state index contributed by atoms with van der Waals surface area (Å²) in [5.41, 5.74) is 2.23. The first-order valence-corrected chi connectivity index (χ1v) is 5.67. The molecule has 0 radical (unpaired) electrons. The van der Waals surface area contributed by atoms with Crippen molar-refractivity contribution in [3.8, 4) is 0 Å². The van der Waals surface area contributed by atoms with Gasteiger partial charge in [-0.15, -0.1) is 0 Å². The number of carbonyl (C=O) groups excluding carboxylic acids is 1. The number of esters is 1. The lowest BCUT2D eigenvalue weighted by Gasteiger charge is -2.07. The van der Waals surface area contributed by atoms with E-state index in [4.69, 9.17) is 9.47 Å². The third-order valence-electron chi connectivity index (χ3n) is 2.26. The van der Waals surface area contributed by atoms with E-state index in [1.807, 2.05) is 31.2 Å². The van der Waals surface area contributed by atoms with Crippen LogP contribution in [0.15, 0.2) is 24.3 Å². The average Bonchev–Trinajstić information content (AvgIpc) is 2.32. The molecule has 4 nitrogen and oxygen atoms in total. The molecule has 0 saturated heterocycles. The highest BCUT2D eigenvalue weighted by Gasteiger charge is 2.01. The van der Waals surface area contributed by atoms with E-state index < -0.39 is 0 Å². The molecule has 0 amide bonds. The molecule has 0 aliphatic rings. The number of anilines is 1. The minimum atomic E-state index is -0.207. The Labute approximate surface area is 102 Å². The van der Waals surface area contributed by atoms with E-state index in [2.05, 4.69) is 5.32 Å². The maximum Gasteiger partial charge on any atom is 0.307 e. The van der Waals surface area contributed by atoms with Crippen LogP contribution >= 0.6 is 0 Å². The lowest BCUT2D eigenvalue weighted by molar-refractivity contribution is -0.144. The van der Waals surface area contributed by atoms with Gasteiger partial charge < -0.3 is 14.8 Å². The van der Waals surface area contributed by atoms with Gasteiger partial charge in [-0.3, -0.25) is 4.79 Å². The molecule has 0 saturated carbocycles. The lowest BCUT2D eigenvalue weighted by Crippen LogP contribution is -2.13. The monoisotopic (exact) mass is 237 g/mol. The summed E-state index contributed by atoms with van der Waals surface area (Å²) in [4.78, 5) is 11.2. The van der Waals surface area contributed by atoms with Gasteiger partial charge in [0.15, 0.2) is 0 Å². The first kappa shape index (κ1) is 13.5. The zero-order chi connectivity index (χ0) is 12.5.